The van der Waals surface area contributed by atoms with Crippen LogP contribution < -0.4 is 16.8 Å². The van der Waals surface area contributed by atoms with Crippen LogP contribution in [0.25, 0.3) is 0 Å². The zero-order valence-electron chi connectivity index (χ0n) is 15.1. The van der Waals surface area contributed by atoms with Gasteiger partial charge in [-0.15, -0.1) is 0 Å². The molecule has 11 nitrogen and oxygen atoms in total. The first-order valence-electron chi connectivity index (χ1n) is 7.98. The molecule has 0 aliphatic carbocycles. The zero-order valence-corrected chi connectivity index (χ0v) is 15.1. The predicted octanol–water partition coefficient (Wildman–Crippen LogP) is 0.539. The van der Waals surface area contributed by atoms with Gasteiger partial charge in [0.05, 0.1) is 0 Å². The predicted molar refractivity (Wildman–Crippen MR) is 95.9 cm³/mol. The third kappa shape index (κ3) is 16.3. The molecule has 0 aliphatic heterocycles. The average Bonchev–Trinajstić information content (AvgIpc) is 3.02. The second-order valence-corrected chi connectivity index (χ2v) is 5.34. The highest BCUT2D eigenvalue weighted by Gasteiger charge is 2.26. The number of unbranched alkanes of at least 4 members (excludes halogenated alkanes) is 1. The molecular formula is C15H21F3N6O5. The van der Waals surface area contributed by atoms with E-state index in [1.54, 1.807) is 16.9 Å². The highest BCUT2D eigenvalue weighted by Crippen LogP contribution is 2.14. The van der Waals surface area contributed by atoms with Gasteiger partial charge in [-0.25, -0.2) is 14.6 Å². The van der Waals surface area contributed by atoms with Crippen LogP contribution in [0.4, 0.5) is 19.0 Å². The number of nitrogens with zero attached hydrogens (tertiary/aromatic N) is 3. The summed E-state index contributed by atoms with van der Waals surface area (Å²) in [5.41, 5.74) is 10.3. The molecule has 1 aromatic heterocycles. The van der Waals surface area contributed by atoms with E-state index < -0.39 is 24.7 Å². The van der Waals surface area contributed by atoms with Gasteiger partial charge in [0, 0.05) is 37.4 Å². The number of aliphatic carboxylic acids is 2. The number of carboxylic acid groups (broad SMARTS) is 2. The summed E-state index contributed by atoms with van der Waals surface area (Å²) < 4.78 is 37.4. The summed E-state index contributed by atoms with van der Waals surface area (Å²) >= 11 is 0. The first kappa shape index (κ1) is 25.4. The summed E-state index contributed by atoms with van der Waals surface area (Å²) in [5, 5.41) is 22.1. The molecule has 7 N–H and O–H groups in total. The van der Waals surface area contributed by atoms with Crippen molar-refractivity contribution in [2.24, 2.45) is 16.5 Å². The average molecular weight is 422 g/mol. The fraction of sp³-hybridized carbons (Fsp3) is 0.400. The van der Waals surface area contributed by atoms with E-state index in [0.29, 0.717) is 43.8 Å². The first-order valence-corrected chi connectivity index (χ1v) is 7.98. The number of hydrogen-bond acceptors (Lipinski definition) is 5. The highest BCUT2D eigenvalue weighted by atomic mass is 19.4. The molecule has 0 atom stereocenters. The van der Waals surface area contributed by atoms with Crippen molar-refractivity contribution >= 4 is 29.6 Å². The van der Waals surface area contributed by atoms with E-state index in [2.05, 4.69) is 15.4 Å². The molecule has 0 fully saturated rings. The molecule has 1 amide bonds. The Kier molecular flexibility index (Phi) is 11.2. The summed E-state index contributed by atoms with van der Waals surface area (Å²) in [6.07, 6.45) is 0.0264. The van der Waals surface area contributed by atoms with Gasteiger partial charge in [0.1, 0.15) is 6.54 Å². The Morgan fingerprint density at radius 1 is 1.17 bits per heavy atom. The van der Waals surface area contributed by atoms with E-state index in [1.807, 2.05) is 0 Å². The number of anilines is 1. The number of aromatic nitrogens is 2. The van der Waals surface area contributed by atoms with Gasteiger partial charge >= 0.3 is 18.1 Å². The SMILES string of the molecule is NC(=O)CCCCn1ccc(NC(N)=NCC(F)(F)F)n1.O=C(O)C=CC(=O)O. The molecule has 0 spiro atoms. The number of rotatable bonds is 9. The van der Waals surface area contributed by atoms with Crippen molar-refractivity contribution in [3.8, 4) is 0 Å². The Labute approximate surface area is 162 Å². The summed E-state index contributed by atoms with van der Waals surface area (Å²) in [4.78, 5) is 32.8. The Morgan fingerprint density at radius 2 is 1.76 bits per heavy atom. The van der Waals surface area contributed by atoms with Gasteiger partial charge in [-0.3, -0.25) is 9.48 Å². The van der Waals surface area contributed by atoms with Crippen LogP contribution >= 0.6 is 0 Å². The maximum atomic E-state index is 11.9. The molecular weight excluding hydrogens is 401 g/mol. The second kappa shape index (κ2) is 12.7. The minimum atomic E-state index is -4.40. The van der Waals surface area contributed by atoms with Crippen LogP contribution in [0.3, 0.4) is 0 Å². The molecule has 14 heteroatoms. The Balaban J connectivity index is 0.000000828. The van der Waals surface area contributed by atoms with Crippen LogP contribution in [0, 0.1) is 0 Å². The van der Waals surface area contributed by atoms with Gasteiger partial charge in [0.2, 0.25) is 5.91 Å². The Hall–Kier alpha value is -3.58. The summed E-state index contributed by atoms with van der Waals surface area (Å²) in [7, 11) is 0. The molecule has 1 rings (SSSR count). The molecule has 1 heterocycles. The lowest BCUT2D eigenvalue weighted by molar-refractivity contribution is -0.134. The molecule has 29 heavy (non-hydrogen) atoms. The van der Waals surface area contributed by atoms with Gasteiger partial charge in [0.15, 0.2) is 11.8 Å². The molecule has 1 aromatic rings. The number of halogens is 3. The zero-order chi connectivity index (χ0) is 22.4. The van der Waals surface area contributed by atoms with Crippen molar-refractivity contribution in [2.75, 3.05) is 11.9 Å². The standard InChI is InChI=1S/C11H17F3N6O.C4H4O4/c12-11(13,14)7-17-10(16)18-9-4-6-20(19-9)5-2-1-3-8(15)21;5-3(6)1-2-4(7)8/h4,6H,1-3,5,7H2,(H2,15,21)(H3,16,17,18,19);1-2H,(H,5,6)(H,7,8). The third-order valence-electron chi connectivity index (χ3n) is 2.75. The third-order valence-corrected chi connectivity index (χ3v) is 2.75. The largest absolute Gasteiger partial charge is 0.478 e. The quantitative estimate of drug-likeness (QED) is 0.165. The number of nitrogens with two attached hydrogens (primary N) is 2. The van der Waals surface area contributed by atoms with E-state index in [4.69, 9.17) is 21.7 Å². The van der Waals surface area contributed by atoms with Crippen molar-refractivity contribution in [2.45, 2.75) is 32.0 Å². The van der Waals surface area contributed by atoms with Gasteiger partial charge in [-0.2, -0.15) is 18.3 Å². The number of hydrogen-bond donors (Lipinski definition) is 5. The smallest absolute Gasteiger partial charge is 0.408 e. The minimum absolute atomic E-state index is 0.299. The second-order valence-electron chi connectivity index (χ2n) is 5.34. The number of amides is 1. The number of carbonyl (C=O) groups is 3. The molecule has 0 aromatic carbocycles. The van der Waals surface area contributed by atoms with Crippen molar-refractivity contribution in [3.05, 3.63) is 24.4 Å². The van der Waals surface area contributed by atoms with Crippen LogP contribution in [-0.2, 0) is 20.9 Å². The van der Waals surface area contributed by atoms with Gasteiger partial charge in [0.25, 0.3) is 0 Å². The Morgan fingerprint density at radius 3 is 2.24 bits per heavy atom. The highest BCUT2D eigenvalue weighted by molar-refractivity contribution is 5.91. The monoisotopic (exact) mass is 422 g/mol. The van der Waals surface area contributed by atoms with Crippen molar-refractivity contribution in [3.63, 3.8) is 0 Å². The van der Waals surface area contributed by atoms with Gasteiger partial charge in [-0.05, 0) is 12.8 Å². The molecule has 0 aliphatic rings. The van der Waals surface area contributed by atoms with E-state index in [1.165, 1.54) is 0 Å². The normalized spacial score (nSPS) is 11.6. The number of primary amides is 1. The van der Waals surface area contributed by atoms with E-state index >= 15 is 0 Å². The number of carbonyl (C=O) groups excluding carboxylic acids is 1. The van der Waals surface area contributed by atoms with Gasteiger partial charge < -0.3 is 27.0 Å². The maximum Gasteiger partial charge on any atom is 0.408 e. The number of guanidine groups is 1. The molecule has 0 unspecified atom stereocenters. The van der Waals surface area contributed by atoms with E-state index in [9.17, 15) is 27.6 Å². The van der Waals surface area contributed by atoms with Crippen LogP contribution in [0.15, 0.2) is 29.4 Å². The van der Waals surface area contributed by atoms with Crippen molar-refractivity contribution < 1.29 is 37.8 Å². The summed E-state index contributed by atoms with van der Waals surface area (Å²) in [6.45, 7) is -0.784. The number of aryl methyl sites for hydroxylation is 1. The Bertz CT molecular complexity index is 729. The topological polar surface area (TPSA) is 186 Å². The number of nitrogens with one attached hydrogen (secondary N) is 1. The van der Waals surface area contributed by atoms with Crippen LogP contribution in [0.1, 0.15) is 19.3 Å². The lowest BCUT2D eigenvalue weighted by Crippen LogP contribution is -2.25. The van der Waals surface area contributed by atoms with Crippen LogP contribution in [0.5, 0.6) is 0 Å². The van der Waals surface area contributed by atoms with E-state index in [-0.39, 0.29) is 11.9 Å². The minimum Gasteiger partial charge on any atom is -0.478 e. The number of alkyl halides is 3. The molecule has 162 valence electrons. The lowest BCUT2D eigenvalue weighted by atomic mass is 10.2. The number of aliphatic imine (C=N–C) groups is 1. The fourth-order valence-corrected chi connectivity index (χ4v) is 1.61. The van der Waals surface area contributed by atoms with Crippen molar-refractivity contribution in [1.82, 2.24) is 9.78 Å². The summed E-state index contributed by atoms with van der Waals surface area (Å²) in [6, 6.07) is 1.56. The first-order chi connectivity index (χ1) is 13.4. The van der Waals surface area contributed by atoms with E-state index in [0.717, 1.165) is 0 Å². The molecule has 0 saturated heterocycles. The molecule has 0 bridgehead atoms. The van der Waals surface area contributed by atoms with Crippen LogP contribution in [0.2, 0.25) is 0 Å². The number of carboxylic acids is 2. The lowest BCUT2D eigenvalue weighted by Gasteiger charge is -2.04. The van der Waals surface area contributed by atoms with Crippen LogP contribution in [-0.4, -0.2) is 56.5 Å². The summed E-state index contributed by atoms with van der Waals surface area (Å²) in [5.74, 6) is -2.93. The fourth-order valence-electron chi connectivity index (χ4n) is 1.61. The van der Waals surface area contributed by atoms with Crippen molar-refractivity contribution in [1.29, 1.82) is 0 Å². The molecule has 0 radical (unpaired) electrons. The van der Waals surface area contributed by atoms with Gasteiger partial charge in [-0.1, -0.05) is 0 Å². The molecule has 0 saturated carbocycles. The maximum absolute atomic E-state index is 11.9.